The fourth-order valence-electron chi connectivity index (χ4n) is 2.87. The van der Waals surface area contributed by atoms with Crippen LogP contribution in [0.2, 0.25) is 0 Å². The van der Waals surface area contributed by atoms with Gasteiger partial charge in [0.1, 0.15) is 0 Å². The summed E-state index contributed by atoms with van der Waals surface area (Å²) < 4.78 is 11.0. The summed E-state index contributed by atoms with van der Waals surface area (Å²) in [5.74, 6) is -0.454. The second-order valence-electron chi connectivity index (χ2n) is 6.10. The number of nitrogens with zero attached hydrogens (tertiary/aromatic N) is 2. The Morgan fingerprint density at radius 3 is 2.50 bits per heavy atom. The number of piperazine rings is 1. The molecule has 0 saturated carbocycles. The van der Waals surface area contributed by atoms with Gasteiger partial charge in [0, 0.05) is 29.7 Å². The first kappa shape index (κ1) is 20.2. The molecule has 1 N–H and O–H groups in total. The van der Waals surface area contributed by atoms with Gasteiger partial charge in [0.05, 0.1) is 24.1 Å². The molecule has 3 amide bonds. The number of hydrogen-bond donors (Lipinski definition) is 1. The fraction of sp³-hybridized carbons (Fsp3) is 0.316. The van der Waals surface area contributed by atoms with Gasteiger partial charge in [0.25, 0.3) is 11.8 Å². The van der Waals surface area contributed by atoms with Crippen molar-refractivity contribution in [1.29, 1.82) is 0 Å². The molecule has 2 heterocycles. The average molecular weight is 497 g/mol. The minimum atomic E-state index is -0.424. The van der Waals surface area contributed by atoms with Crippen LogP contribution < -0.4 is 5.32 Å². The van der Waals surface area contributed by atoms with Crippen molar-refractivity contribution in [2.75, 3.05) is 38.1 Å². The lowest BCUT2D eigenvalue weighted by atomic mass is 10.1. The third-order valence-electron chi connectivity index (χ3n) is 4.30. The number of carbonyl (C=O) groups is 3. The Hall–Kier alpha value is -2.56. The Labute approximate surface area is 175 Å². The van der Waals surface area contributed by atoms with Crippen LogP contribution in [-0.4, -0.2) is 60.5 Å². The number of ether oxygens (including phenoxy) is 1. The van der Waals surface area contributed by atoms with E-state index in [1.807, 2.05) is 6.07 Å². The molecule has 0 unspecified atom stereocenters. The highest BCUT2D eigenvalue weighted by atomic mass is 127. The molecular weight excluding hydrogens is 477 g/mol. The molecule has 0 atom stereocenters. The number of carbonyl (C=O) groups excluding carboxylic acids is 3. The maximum Gasteiger partial charge on any atom is 0.409 e. The van der Waals surface area contributed by atoms with Crippen LogP contribution in [0.25, 0.3) is 0 Å². The van der Waals surface area contributed by atoms with Gasteiger partial charge in [-0.15, -0.1) is 0 Å². The van der Waals surface area contributed by atoms with E-state index < -0.39 is 5.91 Å². The van der Waals surface area contributed by atoms with Crippen LogP contribution in [0.1, 0.15) is 27.8 Å². The Morgan fingerprint density at radius 2 is 1.86 bits per heavy atom. The molecule has 1 saturated heterocycles. The van der Waals surface area contributed by atoms with E-state index in [9.17, 15) is 14.4 Å². The van der Waals surface area contributed by atoms with Crippen LogP contribution in [0, 0.1) is 3.57 Å². The third kappa shape index (κ3) is 4.64. The lowest BCUT2D eigenvalue weighted by Crippen LogP contribution is -2.50. The molecule has 1 aromatic heterocycles. The predicted molar refractivity (Wildman–Crippen MR) is 110 cm³/mol. The summed E-state index contributed by atoms with van der Waals surface area (Å²) in [7, 11) is 0. The van der Waals surface area contributed by atoms with Gasteiger partial charge >= 0.3 is 6.09 Å². The molecule has 9 heteroatoms. The molecule has 148 valence electrons. The summed E-state index contributed by atoms with van der Waals surface area (Å²) in [6.07, 6.45) is 1.05. The van der Waals surface area contributed by atoms with E-state index in [0.717, 1.165) is 3.57 Å². The van der Waals surface area contributed by atoms with Crippen LogP contribution in [0.15, 0.2) is 41.0 Å². The summed E-state index contributed by atoms with van der Waals surface area (Å²) in [4.78, 5) is 40.4. The standard InChI is InChI=1S/C19H20IN3O5/c1-2-27-19(26)23-9-7-22(8-10-23)18(25)14-12-13(20)5-6-15(14)21-17(24)16-4-3-11-28-16/h3-6,11-12H,2,7-10H2,1H3,(H,21,24). The van der Waals surface area contributed by atoms with Gasteiger partial charge < -0.3 is 24.3 Å². The Kier molecular flexibility index (Phi) is 6.55. The van der Waals surface area contributed by atoms with Crippen LogP contribution in [-0.2, 0) is 4.74 Å². The average Bonchev–Trinajstić information content (AvgIpc) is 3.24. The smallest absolute Gasteiger partial charge is 0.409 e. The first-order valence-corrected chi connectivity index (χ1v) is 9.93. The van der Waals surface area contributed by atoms with Crippen molar-refractivity contribution in [3.05, 3.63) is 51.5 Å². The van der Waals surface area contributed by atoms with Crippen LogP contribution in [0.4, 0.5) is 10.5 Å². The molecule has 0 spiro atoms. The third-order valence-corrected chi connectivity index (χ3v) is 4.97. The van der Waals surface area contributed by atoms with Crippen molar-refractivity contribution in [1.82, 2.24) is 9.80 Å². The largest absolute Gasteiger partial charge is 0.459 e. The molecule has 28 heavy (non-hydrogen) atoms. The second kappa shape index (κ2) is 9.09. The summed E-state index contributed by atoms with van der Waals surface area (Å²) in [5, 5.41) is 2.74. The highest BCUT2D eigenvalue weighted by Gasteiger charge is 2.27. The monoisotopic (exact) mass is 497 g/mol. The van der Waals surface area contributed by atoms with E-state index >= 15 is 0 Å². The molecule has 0 radical (unpaired) electrons. The van der Waals surface area contributed by atoms with E-state index in [1.165, 1.54) is 6.26 Å². The summed E-state index contributed by atoms with van der Waals surface area (Å²) in [6.45, 7) is 3.68. The summed E-state index contributed by atoms with van der Waals surface area (Å²) in [5.41, 5.74) is 0.816. The molecule has 8 nitrogen and oxygen atoms in total. The van der Waals surface area contributed by atoms with Crippen molar-refractivity contribution in [3.63, 3.8) is 0 Å². The van der Waals surface area contributed by atoms with Gasteiger partial charge in [-0.3, -0.25) is 9.59 Å². The Bertz CT molecular complexity index is 860. The molecular formula is C19H20IN3O5. The molecule has 1 fully saturated rings. The summed E-state index contributed by atoms with van der Waals surface area (Å²) >= 11 is 2.12. The number of rotatable bonds is 4. The molecule has 1 aliphatic rings. The molecule has 3 rings (SSSR count). The molecule has 1 aromatic carbocycles. The van der Waals surface area contributed by atoms with Crippen LogP contribution in [0.3, 0.4) is 0 Å². The Balaban J connectivity index is 1.72. The quantitative estimate of drug-likeness (QED) is 0.656. The van der Waals surface area contributed by atoms with Gasteiger partial charge in [-0.05, 0) is 59.8 Å². The number of halogens is 1. The number of nitrogens with one attached hydrogen (secondary N) is 1. The molecule has 1 aliphatic heterocycles. The van der Waals surface area contributed by atoms with Gasteiger partial charge in [-0.1, -0.05) is 0 Å². The van der Waals surface area contributed by atoms with Crippen molar-refractivity contribution < 1.29 is 23.5 Å². The first-order chi connectivity index (χ1) is 13.5. The van der Waals surface area contributed by atoms with E-state index in [-0.39, 0.29) is 17.8 Å². The predicted octanol–water partition coefficient (Wildman–Crippen LogP) is 3.05. The highest BCUT2D eigenvalue weighted by molar-refractivity contribution is 14.1. The van der Waals surface area contributed by atoms with Gasteiger partial charge in [-0.2, -0.15) is 0 Å². The van der Waals surface area contributed by atoms with E-state index in [1.54, 1.807) is 41.0 Å². The Morgan fingerprint density at radius 1 is 1.14 bits per heavy atom. The first-order valence-electron chi connectivity index (χ1n) is 8.85. The van der Waals surface area contributed by atoms with Crippen molar-refractivity contribution in [2.24, 2.45) is 0 Å². The van der Waals surface area contributed by atoms with Gasteiger partial charge in [0.2, 0.25) is 0 Å². The van der Waals surface area contributed by atoms with Crippen LogP contribution >= 0.6 is 22.6 Å². The normalized spacial score (nSPS) is 13.9. The van der Waals surface area contributed by atoms with E-state index in [4.69, 9.17) is 9.15 Å². The minimum Gasteiger partial charge on any atom is -0.459 e. The van der Waals surface area contributed by atoms with Crippen molar-refractivity contribution >= 4 is 46.2 Å². The van der Waals surface area contributed by atoms with Crippen molar-refractivity contribution in [2.45, 2.75) is 6.92 Å². The summed E-state index contributed by atoms with van der Waals surface area (Å²) in [6, 6.07) is 8.42. The molecule has 0 bridgehead atoms. The van der Waals surface area contributed by atoms with E-state index in [2.05, 4.69) is 27.9 Å². The van der Waals surface area contributed by atoms with Gasteiger partial charge in [0.15, 0.2) is 5.76 Å². The van der Waals surface area contributed by atoms with E-state index in [0.29, 0.717) is 44.0 Å². The van der Waals surface area contributed by atoms with Crippen molar-refractivity contribution in [3.8, 4) is 0 Å². The number of furan rings is 1. The van der Waals surface area contributed by atoms with Gasteiger partial charge in [-0.25, -0.2) is 4.79 Å². The minimum absolute atomic E-state index is 0.167. The zero-order valence-corrected chi connectivity index (χ0v) is 17.5. The lowest BCUT2D eigenvalue weighted by molar-refractivity contribution is 0.0571. The number of hydrogen-bond acceptors (Lipinski definition) is 5. The SMILES string of the molecule is CCOC(=O)N1CCN(C(=O)c2cc(I)ccc2NC(=O)c2ccco2)CC1. The zero-order valence-electron chi connectivity index (χ0n) is 15.3. The maximum atomic E-state index is 13.1. The maximum absolute atomic E-state index is 13.1. The topological polar surface area (TPSA) is 92.1 Å². The molecule has 2 aromatic rings. The highest BCUT2D eigenvalue weighted by Crippen LogP contribution is 2.22. The number of anilines is 1. The second-order valence-corrected chi connectivity index (χ2v) is 7.35. The lowest BCUT2D eigenvalue weighted by Gasteiger charge is -2.34. The fourth-order valence-corrected chi connectivity index (χ4v) is 3.36. The number of amides is 3. The zero-order chi connectivity index (χ0) is 20.1. The number of benzene rings is 1. The molecule has 0 aliphatic carbocycles. The van der Waals surface area contributed by atoms with Crippen LogP contribution in [0.5, 0.6) is 0 Å².